The Bertz CT molecular complexity index is 338. The van der Waals surface area contributed by atoms with E-state index in [1.165, 1.54) is 24.9 Å². The van der Waals surface area contributed by atoms with Gasteiger partial charge in [-0.15, -0.1) is 0 Å². The Labute approximate surface area is 96.0 Å². The minimum absolute atomic E-state index is 0.463. The predicted molar refractivity (Wildman–Crippen MR) is 61.5 cm³/mol. The Morgan fingerprint density at radius 2 is 2.44 bits per heavy atom. The molecule has 4 nitrogen and oxygen atoms in total. The van der Waals surface area contributed by atoms with Crippen LogP contribution in [0.2, 0.25) is 0 Å². The van der Waals surface area contributed by atoms with Crippen LogP contribution in [0.4, 0.5) is 0 Å². The fourth-order valence-electron chi connectivity index (χ4n) is 2.63. The van der Waals surface area contributed by atoms with E-state index < -0.39 is 0 Å². The minimum Gasteiger partial charge on any atom is -0.379 e. The fourth-order valence-corrected chi connectivity index (χ4v) is 2.63. The number of piperidine rings is 1. The number of nitrogens with one attached hydrogen (secondary N) is 1. The molecule has 2 aliphatic heterocycles. The molecule has 2 saturated heterocycles. The molecule has 2 fully saturated rings. The van der Waals surface area contributed by atoms with Gasteiger partial charge in [0.2, 0.25) is 0 Å². The van der Waals surface area contributed by atoms with E-state index in [9.17, 15) is 0 Å². The van der Waals surface area contributed by atoms with Gasteiger partial charge in [0.15, 0.2) is 0 Å². The molecule has 3 rings (SSSR count). The summed E-state index contributed by atoms with van der Waals surface area (Å²) in [5.74, 6) is 0.657. The van der Waals surface area contributed by atoms with Gasteiger partial charge in [0, 0.05) is 19.3 Å². The molecule has 0 saturated carbocycles. The van der Waals surface area contributed by atoms with Crippen molar-refractivity contribution in [1.29, 1.82) is 0 Å². The number of hydrogen-bond acceptors (Lipinski definition) is 3. The molecule has 16 heavy (non-hydrogen) atoms. The summed E-state index contributed by atoms with van der Waals surface area (Å²) >= 11 is 0. The summed E-state index contributed by atoms with van der Waals surface area (Å²) in [5, 5.41) is 7.93. The van der Waals surface area contributed by atoms with Crippen LogP contribution in [0.3, 0.4) is 0 Å². The topological polar surface area (TPSA) is 39.1 Å². The van der Waals surface area contributed by atoms with Crippen molar-refractivity contribution in [3.63, 3.8) is 0 Å². The molecule has 2 aliphatic rings. The van der Waals surface area contributed by atoms with Crippen molar-refractivity contribution in [3.05, 3.63) is 18.0 Å². The maximum absolute atomic E-state index is 5.39. The van der Waals surface area contributed by atoms with Gasteiger partial charge in [-0.25, -0.2) is 0 Å². The van der Waals surface area contributed by atoms with Crippen LogP contribution in [0.15, 0.2) is 12.4 Å². The van der Waals surface area contributed by atoms with E-state index in [0.717, 1.165) is 26.2 Å². The summed E-state index contributed by atoms with van der Waals surface area (Å²) < 4.78 is 7.49. The average Bonchev–Trinajstić information content (AvgIpc) is 3.01. The highest BCUT2D eigenvalue weighted by molar-refractivity contribution is 5.13. The lowest BCUT2D eigenvalue weighted by Crippen LogP contribution is -2.28. The van der Waals surface area contributed by atoms with Gasteiger partial charge in [-0.1, -0.05) is 0 Å². The van der Waals surface area contributed by atoms with Gasteiger partial charge in [-0.05, 0) is 37.3 Å². The SMILES string of the molecule is c1nn(C2CCOC2)cc1C1CCCNC1. The molecule has 2 atom stereocenters. The van der Waals surface area contributed by atoms with Crippen LogP contribution in [0.5, 0.6) is 0 Å². The number of hydrogen-bond donors (Lipinski definition) is 1. The van der Waals surface area contributed by atoms with Crippen LogP contribution < -0.4 is 5.32 Å². The lowest BCUT2D eigenvalue weighted by atomic mass is 9.94. The number of nitrogens with zero attached hydrogens (tertiary/aromatic N) is 2. The first-order valence-electron chi connectivity index (χ1n) is 6.26. The Hall–Kier alpha value is -0.870. The molecule has 1 aromatic rings. The van der Waals surface area contributed by atoms with E-state index in [1.54, 1.807) is 0 Å². The molecule has 0 aromatic carbocycles. The van der Waals surface area contributed by atoms with Crippen molar-refractivity contribution in [2.75, 3.05) is 26.3 Å². The third kappa shape index (κ3) is 1.99. The van der Waals surface area contributed by atoms with E-state index in [2.05, 4.69) is 21.3 Å². The molecule has 0 spiro atoms. The van der Waals surface area contributed by atoms with Gasteiger partial charge in [0.25, 0.3) is 0 Å². The smallest absolute Gasteiger partial charge is 0.0774 e. The van der Waals surface area contributed by atoms with Gasteiger partial charge in [-0.3, -0.25) is 4.68 Å². The van der Waals surface area contributed by atoms with Crippen LogP contribution >= 0.6 is 0 Å². The summed E-state index contributed by atoms with van der Waals surface area (Å²) in [5.41, 5.74) is 1.39. The van der Waals surface area contributed by atoms with E-state index in [4.69, 9.17) is 4.74 Å². The monoisotopic (exact) mass is 221 g/mol. The van der Waals surface area contributed by atoms with E-state index in [1.807, 2.05) is 6.20 Å². The summed E-state index contributed by atoms with van der Waals surface area (Å²) in [6.07, 6.45) is 7.93. The fraction of sp³-hybridized carbons (Fsp3) is 0.750. The Morgan fingerprint density at radius 3 is 3.19 bits per heavy atom. The average molecular weight is 221 g/mol. The first-order chi connectivity index (χ1) is 7.93. The molecule has 0 radical (unpaired) electrons. The predicted octanol–water partition coefficient (Wildman–Crippen LogP) is 1.31. The highest BCUT2D eigenvalue weighted by Crippen LogP contribution is 2.25. The van der Waals surface area contributed by atoms with Gasteiger partial charge in [-0.2, -0.15) is 5.10 Å². The zero-order valence-electron chi connectivity index (χ0n) is 9.56. The van der Waals surface area contributed by atoms with E-state index in [0.29, 0.717) is 12.0 Å². The number of aromatic nitrogens is 2. The third-order valence-electron chi connectivity index (χ3n) is 3.67. The molecule has 4 heteroatoms. The van der Waals surface area contributed by atoms with Gasteiger partial charge >= 0.3 is 0 Å². The summed E-state index contributed by atoms with van der Waals surface area (Å²) in [7, 11) is 0. The lowest BCUT2D eigenvalue weighted by molar-refractivity contribution is 0.184. The van der Waals surface area contributed by atoms with Crippen LogP contribution in [0, 0.1) is 0 Å². The van der Waals surface area contributed by atoms with Gasteiger partial charge in [0.05, 0.1) is 18.8 Å². The molecule has 1 N–H and O–H groups in total. The molecule has 3 heterocycles. The molecule has 88 valence electrons. The maximum atomic E-state index is 5.39. The van der Waals surface area contributed by atoms with Crippen LogP contribution in [-0.4, -0.2) is 36.1 Å². The lowest BCUT2D eigenvalue weighted by Gasteiger charge is -2.21. The molecule has 0 bridgehead atoms. The first kappa shape index (κ1) is 10.3. The molecule has 0 amide bonds. The highest BCUT2D eigenvalue weighted by Gasteiger charge is 2.21. The molecular weight excluding hydrogens is 202 g/mol. The van der Waals surface area contributed by atoms with E-state index >= 15 is 0 Å². The molecule has 0 aliphatic carbocycles. The third-order valence-corrected chi connectivity index (χ3v) is 3.67. The van der Waals surface area contributed by atoms with Gasteiger partial charge < -0.3 is 10.1 Å². The van der Waals surface area contributed by atoms with Crippen molar-refractivity contribution in [1.82, 2.24) is 15.1 Å². The Balaban J connectivity index is 1.71. The summed E-state index contributed by atoms with van der Waals surface area (Å²) in [6.45, 7) is 3.98. The van der Waals surface area contributed by atoms with Crippen molar-refractivity contribution in [3.8, 4) is 0 Å². The van der Waals surface area contributed by atoms with Crippen LogP contribution in [0.25, 0.3) is 0 Å². The zero-order valence-corrected chi connectivity index (χ0v) is 9.56. The Morgan fingerprint density at radius 1 is 1.44 bits per heavy atom. The van der Waals surface area contributed by atoms with Crippen LogP contribution in [0.1, 0.15) is 36.8 Å². The van der Waals surface area contributed by atoms with Crippen molar-refractivity contribution >= 4 is 0 Å². The van der Waals surface area contributed by atoms with Gasteiger partial charge in [0.1, 0.15) is 0 Å². The molecule has 1 aromatic heterocycles. The normalized spacial score (nSPS) is 30.8. The van der Waals surface area contributed by atoms with Crippen LogP contribution in [-0.2, 0) is 4.74 Å². The minimum atomic E-state index is 0.463. The van der Waals surface area contributed by atoms with Crippen molar-refractivity contribution < 1.29 is 4.74 Å². The van der Waals surface area contributed by atoms with E-state index in [-0.39, 0.29) is 0 Å². The summed E-state index contributed by atoms with van der Waals surface area (Å²) in [6, 6.07) is 0.463. The molecular formula is C12H19N3O. The number of rotatable bonds is 2. The standard InChI is InChI=1S/C12H19N3O/c1-2-10(6-13-4-1)11-7-14-15(8-11)12-3-5-16-9-12/h7-8,10,12-13H,1-6,9H2. The second-order valence-electron chi connectivity index (χ2n) is 4.81. The second kappa shape index (κ2) is 4.55. The first-order valence-corrected chi connectivity index (χ1v) is 6.26. The molecule has 2 unspecified atom stereocenters. The Kier molecular flexibility index (Phi) is 2.93. The van der Waals surface area contributed by atoms with Crippen molar-refractivity contribution in [2.45, 2.75) is 31.2 Å². The van der Waals surface area contributed by atoms with Crippen molar-refractivity contribution in [2.24, 2.45) is 0 Å². The number of ether oxygens (including phenoxy) is 1. The zero-order chi connectivity index (χ0) is 10.8. The largest absolute Gasteiger partial charge is 0.379 e. The maximum Gasteiger partial charge on any atom is 0.0774 e. The highest BCUT2D eigenvalue weighted by atomic mass is 16.5. The summed E-state index contributed by atoms with van der Waals surface area (Å²) in [4.78, 5) is 0. The quantitative estimate of drug-likeness (QED) is 0.818. The second-order valence-corrected chi connectivity index (χ2v) is 4.81.